The molecule has 0 radical (unpaired) electrons. The van der Waals surface area contributed by atoms with Crippen molar-refractivity contribution in [3.8, 4) is 11.1 Å². The van der Waals surface area contributed by atoms with Crippen LogP contribution in [0.5, 0.6) is 0 Å². The zero-order chi connectivity index (χ0) is 20.9. The normalized spacial score (nSPS) is 14.1. The molecule has 0 unspecified atom stereocenters. The Morgan fingerprint density at radius 3 is 2.60 bits per heavy atom. The van der Waals surface area contributed by atoms with E-state index < -0.39 is 10.0 Å². The van der Waals surface area contributed by atoms with Gasteiger partial charge in [0.05, 0.1) is 16.6 Å². The van der Waals surface area contributed by atoms with E-state index in [0.29, 0.717) is 5.52 Å². The van der Waals surface area contributed by atoms with Gasteiger partial charge >= 0.3 is 0 Å². The highest BCUT2D eigenvalue weighted by molar-refractivity contribution is 7.90. The first-order valence-electron chi connectivity index (χ1n) is 10.1. The van der Waals surface area contributed by atoms with Crippen molar-refractivity contribution in [3.63, 3.8) is 0 Å². The molecule has 30 heavy (non-hydrogen) atoms. The van der Waals surface area contributed by atoms with Crippen LogP contribution < -0.4 is 5.32 Å². The van der Waals surface area contributed by atoms with Crippen LogP contribution in [0.1, 0.15) is 22.3 Å². The van der Waals surface area contributed by atoms with E-state index in [1.807, 2.05) is 32.2 Å². The lowest BCUT2D eigenvalue weighted by Crippen LogP contribution is -2.23. The average molecular weight is 418 g/mol. The van der Waals surface area contributed by atoms with Crippen molar-refractivity contribution in [3.05, 3.63) is 83.3 Å². The van der Waals surface area contributed by atoms with Gasteiger partial charge < -0.3 is 5.32 Å². The van der Waals surface area contributed by atoms with Crippen molar-refractivity contribution in [1.29, 1.82) is 0 Å². The van der Waals surface area contributed by atoms with Gasteiger partial charge in [-0.2, -0.15) is 0 Å². The first kappa shape index (κ1) is 19.0. The van der Waals surface area contributed by atoms with Crippen LogP contribution in [0.4, 0.5) is 0 Å². The van der Waals surface area contributed by atoms with Gasteiger partial charge in [-0.25, -0.2) is 12.4 Å². The summed E-state index contributed by atoms with van der Waals surface area (Å²) in [6.45, 7) is 5.76. The molecular weight excluding hydrogens is 394 g/mol. The monoisotopic (exact) mass is 417 g/mol. The van der Waals surface area contributed by atoms with Crippen molar-refractivity contribution in [2.45, 2.75) is 31.7 Å². The average Bonchev–Trinajstić information content (AvgIpc) is 3.11. The second-order valence-electron chi connectivity index (χ2n) is 7.92. The molecule has 1 N–H and O–H groups in total. The summed E-state index contributed by atoms with van der Waals surface area (Å²) in [6, 6.07) is 13.4. The molecule has 2 aromatic heterocycles. The Hall–Kier alpha value is -2.96. The van der Waals surface area contributed by atoms with E-state index in [-0.39, 0.29) is 4.90 Å². The number of pyridine rings is 1. The summed E-state index contributed by atoms with van der Waals surface area (Å²) in [6.07, 6.45) is 6.17. The molecule has 0 fully saturated rings. The first-order valence-corrected chi connectivity index (χ1v) is 11.5. The van der Waals surface area contributed by atoms with E-state index in [9.17, 15) is 8.42 Å². The quantitative estimate of drug-likeness (QED) is 0.543. The fourth-order valence-electron chi connectivity index (χ4n) is 4.23. The Kier molecular flexibility index (Phi) is 4.49. The summed E-state index contributed by atoms with van der Waals surface area (Å²) in [5.74, 6) is 0. The third-order valence-corrected chi connectivity index (χ3v) is 7.54. The number of hydrogen-bond donors (Lipinski definition) is 1. The second kappa shape index (κ2) is 7.07. The molecule has 1 aliphatic heterocycles. The van der Waals surface area contributed by atoms with Gasteiger partial charge in [0.2, 0.25) is 0 Å². The maximum Gasteiger partial charge on any atom is 0.268 e. The van der Waals surface area contributed by atoms with Gasteiger partial charge in [0.1, 0.15) is 0 Å². The molecule has 0 amide bonds. The number of hydrogen-bond acceptors (Lipinski definition) is 4. The Morgan fingerprint density at radius 1 is 1.00 bits per heavy atom. The first-order chi connectivity index (χ1) is 14.4. The van der Waals surface area contributed by atoms with Crippen LogP contribution in [0.25, 0.3) is 22.0 Å². The SMILES string of the molecule is Cc1ccc(S(=O)(=O)n2cc(C)c3c(-c4ccc5c(c4)CCNC5)cncc32)cc1. The number of nitrogens with zero attached hydrogens (tertiary/aromatic N) is 2. The van der Waals surface area contributed by atoms with E-state index >= 15 is 0 Å². The lowest BCUT2D eigenvalue weighted by molar-refractivity contribution is 0.589. The van der Waals surface area contributed by atoms with E-state index in [1.54, 1.807) is 24.5 Å². The summed E-state index contributed by atoms with van der Waals surface area (Å²) >= 11 is 0. The Balaban J connectivity index is 1.69. The minimum atomic E-state index is -3.71. The molecule has 0 aliphatic carbocycles. The van der Waals surface area contributed by atoms with Gasteiger partial charge in [-0.3, -0.25) is 4.98 Å². The van der Waals surface area contributed by atoms with Crippen molar-refractivity contribution in [1.82, 2.24) is 14.3 Å². The fraction of sp³-hybridized carbons (Fsp3) is 0.208. The Bertz CT molecular complexity index is 1370. The highest BCUT2D eigenvalue weighted by atomic mass is 32.2. The van der Waals surface area contributed by atoms with E-state index in [0.717, 1.165) is 47.2 Å². The highest BCUT2D eigenvalue weighted by Gasteiger charge is 2.22. The maximum absolute atomic E-state index is 13.3. The van der Waals surface area contributed by atoms with Crippen LogP contribution in [0, 0.1) is 13.8 Å². The van der Waals surface area contributed by atoms with Crippen LogP contribution in [-0.4, -0.2) is 23.9 Å². The van der Waals surface area contributed by atoms with Crippen LogP contribution in [0.3, 0.4) is 0 Å². The van der Waals surface area contributed by atoms with Crippen molar-refractivity contribution < 1.29 is 8.42 Å². The van der Waals surface area contributed by atoms with Crippen molar-refractivity contribution in [2.24, 2.45) is 0 Å². The van der Waals surface area contributed by atoms with Gasteiger partial charge in [-0.15, -0.1) is 0 Å². The molecule has 152 valence electrons. The van der Waals surface area contributed by atoms with Gasteiger partial charge in [-0.1, -0.05) is 35.9 Å². The number of benzene rings is 2. The van der Waals surface area contributed by atoms with Gasteiger partial charge in [0.25, 0.3) is 10.0 Å². The lowest BCUT2D eigenvalue weighted by atomic mass is 9.94. The summed E-state index contributed by atoms with van der Waals surface area (Å²) in [5.41, 5.74) is 7.23. The molecule has 5 nitrogen and oxygen atoms in total. The minimum Gasteiger partial charge on any atom is -0.312 e. The molecule has 0 bridgehead atoms. The van der Waals surface area contributed by atoms with E-state index in [1.165, 1.54) is 15.1 Å². The molecule has 2 aromatic carbocycles. The van der Waals surface area contributed by atoms with E-state index in [2.05, 4.69) is 28.5 Å². The third kappa shape index (κ3) is 3.04. The predicted molar refractivity (Wildman–Crippen MR) is 119 cm³/mol. The summed E-state index contributed by atoms with van der Waals surface area (Å²) in [5, 5.41) is 4.32. The summed E-state index contributed by atoms with van der Waals surface area (Å²) < 4.78 is 28.0. The maximum atomic E-state index is 13.3. The zero-order valence-corrected chi connectivity index (χ0v) is 17.8. The molecule has 3 heterocycles. The molecule has 5 rings (SSSR count). The Labute approximate surface area is 176 Å². The zero-order valence-electron chi connectivity index (χ0n) is 17.0. The highest BCUT2D eigenvalue weighted by Crippen LogP contribution is 2.34. The minimum absolute atomic E-state index is 0.275. The third-order valence-electron chi connectivity index (χ3n) is 5.85. The molecule has 4 aromatic rings. The largest absolute Gasteiger partial charge is 0.312 e. The van der Waals surface area contributed by atoms with Crippen LogP contribution in [-0.2, 0) is 23.0 Å². The number of rotatable bonds is 3. The number of nitrogens with one attached hydrogen (secondary N) is 1. The topological polar surface area (TPSA) is 64.0 Å². The fourth-order valence-corrected chi connectivity index (χ4v) is 5.63. The summed E-state index contributed by atoms with van der Waals surface area (Å²) in [4.78, 5) is 4.67. The molecule has 0 saturated carbocycles. The van der Waals surface area contributed by atoms with Gasteiger partial charge in [0, 0.05) is 29.9 Å². The standard InChI is InChI=1S/C24H23N3O2S/c1-16-3-7-21(8-4-16)30(28,29)27-15-17(2)24-22(13-26-14-23(24)27)19-5-6-20-12-25-10-9-18(20)11-19/h3-8,11,13-15,25H,9-10,12H2,1-2H3. The molecule has 0 atom stereocenters. The summed E-state index contributed by atoms with van der Waals surface area (Å²) in [7, 11) is -3.71. The Morgan fingerprint density at radius 2 is 1.80 bits per heavy atom. The van der Waals surface area contributed by atoms with Gasteiger partial charge in [-0.05, 0) is 61.2 Å². The van der Waals surface area contributed by atoms with Crippen LogP contribution in [0.15, 0.2) is 66.0 Å². The van der Waals surface area contributed by atoms with Crippen molar-refractivity contribution >= 4 is 20.9 Å². The van der Waals surface area contributed by atoms with Crippen molar-refractivity contribution in [2.75, 3.05) is 6.54 Å². The molecular formula is C24H23N3O2S. The number of fused-ring (bicyclic) bond motifs is 2. The molecule has 0 saturated heterocycles. The lowest BCUT2D eigenvalue weighted by Gasteiger charge is -2.18. The smallest absolute Gasteiger partial charge is 0.268 e. The number of aromatic nitrogens is 2. The molecule has 1 aliphatic rings. The molecule has 0 spiro atoms. The molecule has 6 heteroatoms. The van der Waals surface area contributed by atoms with Gasteiger partial charge in [0.15, 0.2) is 0 Å². The second-order valence-corrected chi connectivity index (χ2v) is 9.73. The predicted octanol–water partition coefficient (Wildman–Crippen LogP) is 4.20. The van der Waals surface area contributed by atoms with E-state index in [4.69, 9.17) is 0 Å². The number of aryl methyl sites for hydroxylation is 2. The van der Waals surface area contributed by atoms with Crippen LogP contribution >= 0.6 is 0 Å². The van der Waals surface area contributed by atoms with Crippen LogP contribution in [0.2, 0.25) is 0 Å².